The molecule has 0 aliphatic rings. The number of carbonyl (C=O) groups is 3. The standard InChI is InChI=1S/C15H10O5.2Na/c16-13(9-1-5-11(6-2-9)14(17)18)10-3-7-12(8-4-10)15(19)20;;/h1-8H,(H,17,18)(H,19,20);;/q;2*+1/p-2. The maximum Gasteiger partial charge on any atom is 1.00 e. The Labute approximate surface area is 170 Å². The molecule has 0 saturated carbocycles. The van der Waals surface area contributed by atoms with Crippen LogP contribution in [-0.2, 0) is 0 Å². The monoisotopic (exact) mass is 314 g/mol. The maximum absolute atomic E-state index is 12.1. The first-order valence-electron chi connectivity index (χ1n) is 5.66. The largest absolute Gasteiger partial charge is 1.00 e. The summed E-state index contributed by atoms with van der Waals surface area (Å²) in [6, 6.07) is 10.6. The number of ketones is 1. The Morgan fingerprint density at radius 1 is 0.545 bits per heavy atom. The van der Waals surface area contributed by atoms with Gasteiger partial charge in [0, 0.05) is 11.1 Å². The molecule has 0 aliphatic carbocycles. The van der Waals surface area contributed by atoms with E-state index in [1.807, 2.05) is 0 Å². The molecule has 0 atom stereocenters. The minimum Gasteiger partial charge on any atom is -0.545 e. The van der Waals surface area contributed by atoms with Crippen LogP contribution in [0.25, 0.3) is 0 Å². The molecular formula is C15H8Na2O5. The van der Waals surface area contributed by atoms with Crippen molar-refractivity contribution in [3.63, 3.8) is 0 Å². The van der Waals surface area contributed by atoms with Crippen molar-refractivity contribution in [3.05, 3.63) is 70.8 Å². The number of benzene rings is 2. The van der Waals surface area contributed by atoms with Gasteiger partial charge in [0.25, 0.3) is 0 Å². The van der Waals surface area contributed by atoms with E-state index in [1.165, 1.54) is 48.5 Å². The molecule has 0 aromatic heterocycles. The fraction of sp³-hybridized carbons (Fsp3) is 0. The Kier molecular flexibility index (Phi) is 8.85. The Hall–Kier alpha value is -0.950. The number of carboxylic acid groups (broad SMARTS) is 2. The van der Waals surface area contributed by atoms with Crippen LogP contribution in [0.1, 0.15) is 36.6 Å². The van der Waals surface area contributed by atoms with Gasteiger partial charge in [0.15, 0.2) is 5.78 Å². The maximum atomic E-state index is 12.1. The van der Waals surface area contributed by atoms with Crippen LogP contribution in [0, 0.1) is 0 Å². The minimum absolute atomic E-state index is 0. The van der Waals surface area contributed by atoms with Crippen LogP contribution in [0.3, 0.4) is 0 Å². The van der Waals surface area contributed by atoms with Gasteiger partial charge in [0.2, 0.25) is 0 Å². The normalized spacial score (nSPS) is 9.09. The first-order chi connectivity index (χ1) is 9.49. The van der Waals surface area contributed by atoms with Crippen molar-refractivity contribution >= 4 is 17.7 Å². The van der Waals surface area contributed by atoms with Crippen LogP contribution in [0.5, 0.6) is 0 Å². The molecule has 22 heavy (non-hydrogen) atoms. The molecule has 0 radical (unpaired) electrons. The number of carboxylic acids is 2. The molecule has 2 rings (SSSR count). The van der Waals surface area contributed by atoms with Crippen LogP contribution in [-0.4, -0.2) is 17.7 Å². The van der Waals surface area contributed by atoms with Gasteiger partial charge in [-0.15, -0.1) is 0 Å². The molecule has 0 saturated heterocycles. The minimum atomic E-state index is -1.32. The summed E-state index contributed by atoms with van der Waals surface area (Å²) in [4.78, 5) is 33.3. The third-order valence-electron chi connectivity index (χ3n) is 2.77. The topological polar surface area (TPSA) is 97.3 Å². The average Bonchev–Trinajstić information content (AvgIpc) is 2.46. The van der Waals surface area contributed by atoms with Crippen LogP contribution < -0.4 is 69.3 Å². The van der Waals surface area contributed by atoms with Gasteiger partial charge in [-0.2, -0.15) is 0 Å². The molecule has 7 heteroatoms. The summed E-state index contributed by atoms with van der Waals surface area (Å²) in [7, 11) is 0. The predicted octanol–water partition coefficient (Wildman–Crippen LogP) is -6.35. The zero-order valence-corrected chi connectivity index (χ0v) is 16.2. The third-order valence-corrected chi connectivity index (χ3v) is 2.77. The van der Waals surface area contributed by atoms with E-state index in [-0.39, 0.29) is 76.0 Å². The van der Waals surface area contributed by atoms with Gasteiger partial charge >= 0.3 is 59.1 Å². The Morgan fingerprint density at radius 3 is 1.00 bits per heavy atom. The van der Waals surface area contributed by atoms with Gasteiger partial charge in [0.05, 0.1) is 11.9 Å². The zero-order chi connectivity index (χ0) is 14.7. The van der Waals surface area contributed by atoms with Crippen LogP contribution in [0.2, 0.25) is 0 Å². The summed E-state index contributed by atoms with van der Waals surface area (Å²) >= 11 is 0. The third kappa shape index (κ3) is 5.05. The second kappa shape index (κ2) is 9.25. The molecule has 2 aromatic rings. The summed E-state index contributed by atoms with van der Waals surface area (Å²) in [6.07, 6.45) is 0. The number of hydrogen-bond donors (Lipinski definition) is 0. The van der Waals surface area contributed by atoms with Gasteiger partial charge in [-0.1, -0.05) is 48.5 Å². The number of rotatable bonds is 4. The molecule has 100 valence electrons. The Morgan fingerprint density at radius 2 is 0.773 bits per heavy atom. The first kappa shape index (κ1) is 21.0. The summed E-state index contributed by atoms with van der Waals surface area (Å²) in [5, 5.41) is 21.2. The molecule has 0 aliphatic heterocycles. The van der Waals surface area contributed by atoms with E-state index < -0.39 is 11.9 Å². The van der Waals surface area contributed by atoms with Gasteiger partial charge in [-0.25, -0.2) is 0 Å². The molecule has 2 aromatic carbocycles. The molecule has 0 unspecified atom stereocenters. The Balaban J connectivity index is 0.00000220. The van der Waals surface area contributed by atoms with Gasteiger partial charge in [-0.05, 0) is 11.1 Å². The fourth-order valence-electron chi connectivity index (χ4n) is 1.68. The van der Waals surface area contributed by atoms with Gasteiger partial charge in [0.1, 0.15) is 0 Å². The molecule has 0 heterocycles. The molecule has 0 N–H and O–H groups in total. The van der Waals surface area contributed by atoms with E-state index in [9.17, 15) is 24.6 Å². The molecular weight excluding hydrogens is 306 g/mol. The van der Waals surface area contributed by atoms with E-state index in [4.69, 9.17) is 0 Å². The van der Waals surface area contributed by atoms with Crippen LogP contribution >= 0.6 is 0 Å². The van der Waals surface area contributed by atoms with Crippen LogP contribution in [0.4, 0.5) is 0 Å². The summed E-state index contributed by atoms with van der Waals surface area (Å²) in [6.45, 7) is 0. The quantitative estimate of drug-likeness (QED) is 0.413. The average molecular weight is 314 g/mol. The fourth-order valence-corrected chi connectivity index (χ4v) is 1.68. The van der Waals surface area contributed by atoms with E-state index in [0.717, 1.165) is 0 Å². The van der Waals surface area contributed by atoms with Crippen molar-refractivity contribution in [1.29, 1.82) is 0 Å². The van der Waals surface area contributed by atoms with E-state index in [2.05, 4.69) is 0 Å². The zero-order valence-electron chi connectivity index (χ0n) is 12.2. The second-order valence-electron chi connectivity index (χ2n) is 4.06. The second-order valence-corrected chi connectivity index (χ2v) is 4.06. The van der Waals surface area contributed by atoms with Crippen molar-refractivity contribution in [1.82, 2.24) is 0 Å². The van der Waals surface area contributed by atoms with Gasteiger partial charge in [-0.3, -0.25) is 4.79 Å². The summed E-state index contributed by atoms with van der Waals surface area (Å²) < 4.78 is 0. The molecule has 0 spiro atoms. The van der Waals surface area contributed by atoms with E-state index in [0.29, 0.717) is 11.1 Å². The summed E-state index contributed by atoms with van der Waals surface area (Å²) in [5.41, 5.74) is 0.565. The smallest absolute Gasteiger partial charge is 0.545 e. The molecule has 0 bridgehead atoms. The van der Waals surface area contributed by atoms with E-state index in [1.54, 1.807) is 0 Å². The number of carbonyl (C=O) groups excluding carboxylic acids is 3. The SMILES string of the molecule is O=C([O-])c1ccc(C(=O)c2ccc(C(=O)[O-])cc2)cc1.[Na+].[Na+]. The van der Waals surface area contributed by atoms with Crippen molar-refractivity contribution < 1.29 is 83.7 Å². The Bertz CT molecular complexity index is 619. The van der Waals surface area contributed by atoms with Crippen molar-refractivity contribution in [2.45, 2.75) is 0 Å². The van der Waals surface area contributed by atoms with Crippen LogP contribution in [0.15, 0.2) is 48.5 Å². The number of hydrogen-bond acceptors (Lipinski definition) is 5. The predicted molar refractivity (Wildman–Crippen MR) is 65.0 cm³/mol. The van der Waals surface area contributed by atoms with Crippen molar-refractivity contribution in [2.75, 3.05) is 0 Å². The van der Waals surface area contributed by atoms with Crippen molar-refractivity contribution in [2.24, 2.45) is 0 Å². The van der Waals surface area contributed by atoms with Gasteiger partial charge < -0.3 is 19.8 Å². The first-order valence-corrected chi connectivity index (χ1v) is 5.66. The van der Waals surface area contributed by atoms with Crippen molar-refractivity contribution in [3.8, 4) is 0 Å². The molecule has 5 nitrogen and oxygen atoms in total. The summed E-state index contributed by atoms with van der Waals surface area (Å²) in [5.74, 6) is -2.97. The number of aromatic carboxylic acids is 2. The van der Waals surface area contributed by atoms with E-state index >= 15 is 0 Å². The molecule has 0 amide bonds. The molecule has 0 fully saturated rings.